The standard InChI is InChI=1S/C22H24N4O3S3/c1-3-10-26-17(12-14-7-6-11-30-14)24-25-22(26)31-13-18(27)23-20-19(21(28)29-2)15-8-4-5-9-16(15)32-20/h3,6-7,11H,1,4-5,8-10,12-13H2,2H3,(H,23,27). The molecule has 168 valence electrons. The van der Waals surface area contributed by atoms with Crippen LogP contribution in [0, 0.1) is 0 Å². The van der Waals surface area contributed by atoms with Gasteiger partial charge in [0.1, 0.15) is 10.8 Å². The van der Waals surface area contributed by atoms with Gasteiger partial charge in [-0.3, -0.25) is 4.79 Å². The predicted molar refractivity (Wildman–Crippen MR) is 129 cm³/mol. The van der Waals surface area contributed by atoms with Crippen LogP contribution in [0.4, 0.5) is 5.00 Å². The van der Waals surface area contributed by atoms with E-state index in [1.54, 1.807) is 17.4 Å². The van der Waals surface area contributed by atoms with Crippen LogP contribution in [0.1, 0.15) is 44.3 Å². The lowest BCUT2D eigenvalue weighted by molar-refractivity contribution is -0.113. The van der Waals surface area contributed by atoms with Crippen molar-refractivity contribution in [1.82, 2.24) is 14.8 Å². The van der Waals surface area contributed by atoms with Crippen LogP contribution < -0.4 is 5.32 Å². The average Bonchev–Trinajstić information content (AvgIpc) is 3.52. The molecule has 32 heavy (non-hydrogen) atoms. The van der Waals surface area contributed by atoms with Gasteiger partial charge in [-0.15, -0.1) is 39.4 Å². The Labute approximate surface area is 198 Å². The van der Waals surface area contributed by atoms with Gasteiger partial charge in [0.2, 0.25) is 5.91 Å². The lowest BCUT2D eigenvalue weighted by atomic mass is 9.95. The number of rotatable bonds is 9. The highest BCUT2D eigenvalue weighted by Gasteiger charge is 2.27. The number of methoxy groups -OCH3 is 1. The summed E-state index contributed by atoms with van der Waals surface area (Å²) in [5.41, 5.74) is 1.54. The quantitative estimate of drug-likeness (QED) is 0.270. The van der Waals surface area contributed by atoms with Gasteiger partial charge in [-0.1, -0.05) is 23.9 Å². The van der Waals surface area contributed by atoms with Crippen LogP contribution >= 0.6 is 34.4 Å². The van der Waals surface area contributed by atoms with E-state index >= 15 is 0 Å². The van der Waals surface area contributed by atoms with Gasteiger partial charge in [0, 0.05) is 22.7 Å². The fraction of sp³-hybridized carbons (Fsp3) is 0.364. The average molecular weight is 489 g/mol. The number of hydrogen-bond acceptors (Lipinski definition) is 8. The third-order valence-corrected chi connectivity index (χ3v) is 8.21. The molecule has 0 saturated carbocycles. The minimum Gasteiger partial charge on any atom is -0.465 e. The SMILES string of the molecule is C=CCn1c(Cc2cccs2)nnc1SCC(=O)Nc1sc2c(c1C(=O)OC)CCCC2. The van der Waals surface area contributed by atoms with Crippen LogP contribution in [0.5, 0.6) is 0 Å². The predicted octanol–water partition coefficient (Wildman–Crippen LogP) is 4.57. The number of ether oxygens (including phenoxy) is 1. The molecule has 7 nitrogen and oxygen atoms in total. The summed E-state index contributed by atoms with van der Waals surface area (Å²) >= 11 is 4.49. The molecule has 1 aliphatic rings. The number of fused-ring (bicyclic) bond motifs is 1. The van der Waals surface area contributed by atoms with Crippen molar-refractivity contribution in [3.8, 4) is 0 Å². The molecule has 0 bridgehead atoms. The normalized spacial score (nSPS) is 12.9. The molecule has 0 fully saturated rings. The Bertz CT molecular complexity index is 1120. The summed E-state index contributed by atoms with van der Waals surface area (Å²) in [6, 6.07) is 4.08. The van der Waals surface area contributed by atoms with E-state index in [-0.39, 0.29) is 11.7 Å². The number of allylic oxidation sites excluding steroid dienone is 1. The number of thioether (sulfide) groups is 1. The largest absolute Gasteiger partial charge is 0.465 e. The van der Waals surface area contributed by atoms with Gasteiger partial charge in [0.05, 0.1) is 18.4 Å². The number of hydrogen-bond donors (Lipinski definition) is 1. The maximum Gasteiger partial charge on any atom is 0.341 e. The van der Waals surface area contributed by atoms with Crippen molar-refractivity contribution < 1.29 is 14.3 Å². The smallest absolute Gasteiger partial charge is 0.341 e. The molecular formula is C22H24N4O3S3. The number of anilines is 1. The number of carbonyl (C=O) groups excluding carboxylic acids is 2. The van der Waals surface area contributed by atoms with Crippen molar-refractivity contribution in [2.45, 2.75) is 43.8 Å². The molecule has 1 amide bonds. The Morgan fingerprint density at radius 2 is 2.19 bits per heavy atom. The van der Waals surface area contributed by atoms with Crippen LogP contribution in [-0.4, -0.2) is 39.5 Å². The van der Waals surface area contributed by atoms with Gasteiger partial charge < -0.3 is 14.6 Å². The zero-order chi connectivity index (χ0) is 22.5. The van der Waals surface area contributed by atoms with Crippen molar-refractivity contribution in [3.05, 3.63) is 56.9 Å². The highest BCUT2D eigenvalue weighted by Crippen LogP contribution is 2.38. The molecule has 0 aliphatic heterocycles. The molecule has 3 aromatic heterocycles. The fourth-order valence-electron chi connectivity index (χ4n) is 3.70. The van der Waals surface area contributed by atoms with Gasteiger partial charge in [0.25, 0.3) is 0 Å². The molecule has 0 radical (unpaired) electrons. The summed E-state index contributed by atoms with van der Waals surface area (Å²) in [7, 11) is 1.37. The van der Waals surface area contributed by atoms with Gasteiger partial charge in [-0.25, -0.2) is 4.79 Å². The van der Waals surface area contributed by atoms with E-state index in [1.165, 1.54) is 40.0 Å². The molecule has 0 atom stereocenters. The van der Waals surface area contributed by atoms with E-state index in [0.29, 0.717) is 28.7 Å². The highest BCUT2D eigenvalue weighted by atomic mass is 32.2. The molecule has 10 heteroatoms. The number of carbonyl (C=O) groups is 2. The summed E-state index contributed by atoms with van der Waals surface area (Å²) < 4.78 is 6.96. The van der Waals surface area contributed by atoms with Gasteiger partial charge in [-0.2, -0.15) is 0 Å². The maximum atomic E-state index is 12.7. The summed E-state index contributed by atoms with van der Waals surface area (Å²) in [6.07, 6.45) is 6.41. The van der Waals surface area contributed by atoms with E-state index in [0.717, 1.165) is 37.1 Å². The van der Waals surface area contributed by atoms with Crippen molar-refractivity contribution >= 4 is 51.3 Å². The maximum absolute atomic E-state index is 12.7. The first-order valence-corrected chi connectivity index (χ1v) is 13.0. The number of esters is 1. The van der Waals surface area contributed by atoms with E-state index in [9.17, 15) is 9.59 Å². The number of thiophene rings is 2. The van der Waals surface area contributed by atoms with Gasteiger partial charge >= 0.3 is 5.97 Å². The molecule has 0 unspecified atom stereocenters. The van der Waals surface area contributed by atoms with Crippen molar-refractivity contribution in [2.24, 2.45) is 0 Å². The van der Waals surface area contributed by atoms with Crippen molar-refractivity contribution in [3.63, 3.8) is 0 Å². The van der Waals surface area contributed by atoms with E-state index < -0.39 is 5.97 Å². The fourth-order valence-corrected chi connectivity index (χ4v) is 6.46. The van der Waals surface area contributed by atoms with Crippen LogP contribution in [0.2, 0.25) is 0 Å². The first kappa shape index (κ1) is 22.8. The third kappa shape index (κ3) is 4.97. The first-order valence-electron chi connectivity index (χ1n) is 10.3. The van der Waals surface area contributed by atoms with Crippen LogP contribution in [0.15, 0.2) is 35.3 Å². The molecule has 0 spiro atoms. The van der Waals surface area contributed by atoms with Crippen LogP contribution in [0.3, 0.4) is 0 Å². The van der Waals surface area contributed by atoms with Gasteiger partial charge in [-0.05, 0) is 42.7 Å². The molecular weight excluding hydrogens is 464 g/mol. The molecule has 3 aromatic rings. The lowest BCUT2D eigenvalue weighted by Crippen LogP contribution is -2.17. The van der Waals surface area contributed by atoms with Crippen LogP contribution in [0.25, 0.3) is 0 Å². The number of aromatic nitrogens is 3. The van der Waals surface area contributed by atoms with E-state index in [2.05, 4.69) is 28.2 Å². The number of nitrogens with zero attached hydrogens (tertiary/aromatic N) is 3. The summed E-state index contributed by atoms with van der Waals surface area (Å²) in [6.45, 7) is 4.40. The Morgan fingerprint density at radius 1 is 1.34 bits per heavy atom. The molecule has 3 heterocycles. The summed E-state index contributed by atoms with van der Waals surface area (Å²) in [5.74, 6) is 0.425. The minimum absolute atomic E-state index is 0.164. The monoisotopic (exact) mass is 488 g/mol. The third-order valence-electron chi connectivity index (χ3n) is 5.16. The molecule has 1 N–H and O–H groups in total. The van der Waals surface area contributed by atoms with Crippen LogP contribution in [-0.2, 0) is 35.3 Å². The summed E-state index contributed by atoms with van der Waals surface area (Å²) in [4.78, 5) is 27.5. The Hall–Kier alpha value is -2.43. The zero-order valence-electron chi connectivity index (χ0n) is 17.8. The Balaban J connectivity index is 1.46. The second kappa shape index (κ2) is 10.5. The Kier molecular flexibility index (Phi) is 7.44. The summed E-state index contributed by atoms with van der Waals surface area (Å²) in [5, 5.41) is 14.8. The second-order valence-corrected chi connectivity index (χ2v) is 10.4. The molecule has 0 aromatic carbocycles. The van der Waals surface area contributed by atoms with E-state index in [1.807, 2.05) is 16.0 Å². The van der Waals surface area contributed by atoms with Gasteiger partial charge in [0.15, 0.2) is 5.16 Å². The highest BCUT2D eigenvalue weighted by molar-refractivity contribution is 7.99. The second-order valence-electron chi connectivity index (χ2n) is 7.30. The molecule has 0 saturated heterocycles. The first-order chi connectivity index (χ1) is 15.6. The zero-order valence-corrected chi connectivity index (χ0v) is 20.2. The number of nitrogens with one attached hydrogen (secondary N) is 1. The van der Waals surface area contributed by atoms with Crippen molar-refractivity contribution in [2.75, 3.05) is 18.2 Å². The molecule has 1 aliphatic carbocycles. The lowest BCUT2D eigenvalue weighted by Gasteiger charge is -2.11. The van der Waals surface area contributed by atoms with E-state index in [4.69, 9.17) is 4.74 Å². The Morgan fingerprint density at radius 3 is 2.94 bits per heavy atom. The van der Waals surface area contributed by atoms with Crippen molar-refractivity contribution in [1.29, 1.82) is 0 Å². The molecule has 4 rings (SSSR count). The minimum atomic E-state index is -0.392. The number of amides is 1. The topological polar surface area (TPSA) is 86.1 Å². The number of aryl methyl sites for hydroxylation is 1.